The fourth-order valence-electron chi connectivity index (χ4n) is 3.63. The first-order chi connectivity index (χ1) is 13.3. The first-order valence-corrected chi connectivity index (χ1v) is 9.49. The fraction of sp³-hybridized carbons (Fsp3) is 0.261. The standard InChI is InChI=1S/C23H25N3O/c1-19-12-13-22(27-19)18-24-26-16-14-25(15-17-26)23(20-8-4-2-5-9-20)21-10-6-3-7-11-21/h2-13,18,23H,14-17H2,1H3. The zero-order chi connectivity index (χ0) is 18.5. The lowest BCUT2D eigenvalue weighted by molar-refractivity contribution is 0.112. The number of furan rings is 1. The first kappa shape index (κ1) is 17.6. The Balaban J connectivity index is 1.46. The molecule has 4 heteroatoms. The summed E-state index contributed by atoms with van der Waals surface area (Å²) in [6.07, 6.45) is 1.81. The maximum Gasteiger partial charge on any atom is 0.147 e. The van der Waals surface area contributed by atoms with E-state index in [0.29, 0.717) is 0 Å². The van der Waals surface area contributed by atoms with Gasteiger partial charge < -0.3 is 4.42 Å². The third-order valence-corrected chi connectivity index (χ3v) is 5.00. The average molecular weight is 359 g/mol. The number of hydrogen-bond acceptors (Lipinski definition) is 4. The highest BCUT2D eigenvalue weighted by Crippen LogP contribution is 2.29. The Hall–Kier alpha value is -2.85. The quantitative estimate of drug-likeness (QED) is 0.636. The number of hydrogen-bond donors (Lipinski definition) is 0. The van der Waals surface area contributed by atoms with Crippen molar-refractivity contribution < 1.29 is 4.42 Å². The van der Waals surface area contributed by atoms with E-state index >= 15 is 0 Å². The minimum absolute atomic E-state index is 0.284. The molecule has 0 saturated carbocycles. The van der Waals surface area contributed by atoms with Gasteiger partial charge in [0.05, 0.1) is 12.3 Å². The van der Waals surface area contributed by atoms with Gasteiger partial charge in [-0.2, -0.15) is 5.10 Å². The van der Waals surface area contributed by atoms with E-state index in [9.17, 15) is 0 Å². The Bertz CT molecular complexity index is 825. The van der Waals surface area contributed by atoms with Gasteiger partial charge in [-0.05, 0) is 30.2 Å². The lowest BCUT2D eigenvalue weighted by Crippen LogP contribution is -2.45. The van der Waals surface area contributed by atoms with Crippen LogP contribution in [0.1, 0.15) is 28.7 Å². The molecule has 0 N–H and O–H groups in total. The molecule has 3 aromatic rings. The summed E-state index contributed by atoms with van der Waals surface area (Å²) >= 11 is 0. The molecule has 1 fully saturated rings. The van der Waals surface area contributed by atoms with Gasteiger partial charge in [-0.3, -0.25) is 9.91 Å². The molecule has 2 aromatic carbocycles. The third kappa shape index (κ3) is 4.29. The van der Waals surface area contributed by atoms with Gasteiger partial charge in [0.15, 0.2) is 0 Å². The molecule has 0 aliphatic carbocycles. The molecule has 0 unspecified atom stereocenters. The van der Waals surface area contributed by atoms with E-state index in [1.165, 1.54) is 11.1 Å². The van der Waals surface area contributed by atoms with Crippen LogP contribution in [0.15, 0.2) is 82.3 Å². The van der Waals surface area contributed by atoms with Gasteiger partial charge in [0, 0.05) is 26.2 Å². The summed E-state index contributed by atoms with van der Waals surface area (Å²) in [5.41, 5.74) is 2.68. The summed E-state index contributed by atoms with van der Waals surface area (Å²) < 4.78 is 5.56. The van der Waals surface area contributed by atoms with Crippen molar-refractivity contribution in [1.82, 2.24) is 9.91 Å². The summed E-state index contributed by atoms with van der Waals surface area (Å²) in [4.78, 5) is 2.55. The number of aryl methyl sites for hydroxylation is 1. The average Bonchev–Trinajstić information content (AvgIpc) is 3.14. The molecule has 138 valence electrons. The van der Waals surface area contributed by atoms with Crippen molar-refractivity contribution in [3.05, 3.63) is 95.4 Å². The van der Waals surface area contributed by atoms with Crippen molar-refractivity contribution in [1.29, 1.82) is 0 Å². The lowest BCUT2D eigenvalue weighted by Gasteiger charge is -2.38. The molecule has 1 aromatic heterocycles. The number of piperazine rings is 1. The number of rotatable bonds is 5. The van der Waals surface area contributed by atoms with E-state index in [-0.39, 0.29) is 6.04 Å². The summed E-state index contributed by atoms with van der Waals surface area (Å²) in [7, 11) is 0. The molecule has 2 heterocycles. The second-order valence-electron chi connectivity index (χ2n) is 6.91. The van der Waals surface area contributed by atoms with Gasteiger partial charge in [0.2, 0.25) is 0 Å². The molecule has 1 saturated heterocycles. The minimum atomic E-state index is 0.284. The van der Waals surface area contributed by atoms with Crippen molar-refractivity contribution in [3.8, 4) is 0 Å². The van der Waals surface area contributed by atoms with E-state index in [1.807, 2.05) is 25.3 Å². The van der Waals surface area contributed by atoms with Gasteiger partial charge >= 0.3 is 0 Å². The monoisotopic (exact) mass is 359 g/mol. The van der Waals surface area contributed by atoms with Crippen molar-refractivity contribution >= 4 is 6.21 Å². The number of nitrogens with zero attached hydrogens (tertiary/aromatic N) is 3. The minimum Gasteiger partial charge on any atom is -0.460 e. The van der Waals surface area contributed by atoms with Crippen LogP contribution >= 0.6 is 0 Å². The predicted octanol–water partition coefficient (Wildman–Crippen LogP) is 4.33. The van der Waals surface area contributed by atoms with Crippen molar-refractivity contribution in [3.63, 3.8) is 0 Å². The smallest absolute Gasteiger partial charge is 0.147 e. The zero-order valence-electron chi connectivity index (χ0n) is 15.7. The Morgan fingerprint density at radius 1 is 0.815 bits per heavy atom. The molecule has 0 atom stereocenters. The van der Waals surface area contributed by atoms with Crippen molar-refractivity contribution in [2.24, 2.45) is 5.10 Å². The van der Waals surface area contributed by atoms with Crippen LogP contribution in [0.25, 0.3) is 0 Å². The van der Waals surface area contributed by atoms with Crippen molar-refractivity contribution in [2.45, 2.75) is 13.0 Å². The molecule has 0 spiro atoms. The Kier molecular flexibility index (Phi) is 5.35. The Labute approximate surface area is 160 Å². The summed E-state index contributed by atoms with van der Waals surface area (Å²) in [5, 5.41) is 6.72. The number of benzene rings is 2. The summed E-state index contributed by atoms with van der Waals surface area (Å²) in [6.45, 7) is 5.72. The highest BCUT2D eigenvalue weighted by atomic mass is 16.3. The molecule has 4 nitrogen and oxygen atoms in total. The van der Waals surface area contributed by atoms with E-state index in [4.69, 9.17) is 4.42 Å². The van der Waals surface area contributed by atoms with Gasteiger partial charge in [0.25, 0.3) is 0 Å². The highest BCUT2D eigenvalue weighted by Gasteiger charge is 2.25. The fourth-order valence-corrected chi connectivity index (χ4v) is 3.63. The summed E-state index contributed by atoms with van der Waals surface area (Å²) in [6, 6.07) is 25.7. The molecule has 0 amide bonds. The first-order valence-electron chi connectivity index (χ1n) is 9.49. The molecule has 0 bridgehead atoms. The van der Waals surface area contributed by atoms with Crippen LogP contribution in [0.3, 0.4) is 0 Å². The van der Waals surface area contributed by atoms with Gasteiger partial charge in [-0.15, -0.1) is 0 Å². The topological polar surface area (TPSA) is 32.0 Å². The van der Waals surface area contributed by atoms with Crippen LogP contribution in [0.4, 0.5) is 0 Å². The maximum atomic E-state index is 5.56. The predicted molar refractivity (Wildman–Crippen MR) is 109 cm³/mol. The van der Waals surface area contributed by atoms with Crippen LogP contribution in [0, 0.1) is 6.92 Å². The SMILES string of the molecule is Cc1ccc(C=NN2CCN(C(c3ccccc3)c3ccccc3)CC2)o1. The molecular formula is C23H25N3O. The second kappa shape index (κ2) is 8.23. The normalized spacial score (nSPS) is 15.7. The van der Waals surface area contributed by atoms with E-state index in [0.717, 1.165) is 37.7 Å². The van der Waals surface area contributed by atoms with E-state index < -0.39 is 0 Å². The molecular weight excluding hydrogens is 334 g/mol. The summed E-state index contributed by atoms with van der Waals surface area (Å²) in [5.74, 6) is 1.72. The maximum absolute atomic E-state index is 5.56. The molecule has 4 rings (SSSR count). The van der Waals surface area contributed by atoms with Gasteiger partial charge in [0.1, 0.15) is 11.5 Å². The van der Waals surface area contributed by atoms with Crippen LogP contribution in [-0.2, 0) is 0 Å². The lowest BCUT2D eigenvalue weighted by atomic mass is 9.96. The van der Waals surface area contributed by atoms with Gasteiger partial charge in [-0.25, -0.2) is 0 Å². The van der Waals surface area contributed by atoms with Crippen LogP contribution in [0.2, 0.25) is 0 Å². The molecule has 27 heavy (non-hydrogen) atoms. The number of hydrazone groups is 1. The van der Waals surface area contributed by atoms with Crippen LogP contribution in [0.5, 0.6) is 0 Å². The van der Waals surface area contributed by atoms with E-state index in [2.05, 4.69) is 75.7 Å². The second-order valence-corrected chi connectivity index (χ2v) is 6.91. The highest BCUT2D eigenvalue weighted by molar-refractivity contribution is 5.75. The molecule has 1 aliphatic heterocycles. The van der Waals surface area contributed by atoms with Crippen molar-refractivity contribution in [2.75, 3.05) is 26.2 Å². The molecule has 0 radical (unpaired) electrons. The largest absolute Gasteiger partial charge is 0.460 e. The molecule has 1 aliphatic rings. The zero-order valence-corrected chi connectivity index (χ0v) is 15.7. The Morgan fingerprint density at radius 3 is 1.93 bits per heavy atom. The van der Waals surface area contributed by atoms with Crippen LogP contribution < -0.4 is 0 Å². The van der Waals surface area contributed by atoms with E-state index in [1.54, 1.807) is 0 Å². The Morgan fingerprint density at radius 2 is 1.41 bits per heavy atom. The third-order valence-electron chi connectivity index (χ3n) is 5.00. The van der Waals surface area contributed by atoms with Crippen LogP contribution in [-0.4, -0.2) is 42.3 Å². The van der Waals surface area contributed by atoms with Gasteiger partial charge in [-0.1, -0.05) is 60.7 Å².